The molecule has 0 radical (unpaired) electrons. The SMILES string of the molecule is O=C1CC2(CCOC2)C(CS(=O)(=O)F)O1. The number of carbonyl (C=O) groups is 1. The molecule has 0 aliphatic carbocycles. The Morgan fingerprint density at radius 3 is 2.80 bits per heavy atom. The van der Waals surface area contributed by atoms with E-state index in [2.05, 4.69) is 0 Å². The first-order valence-electron chi connectivity index (χ1n) is 4.61. The summed E-state index contributed by atoms with van der Waals surface area (Å²) in [5.41, 5.74) is -0.629. The highest BCUT2D eigenvalue weighted by molar-refractivity contribution is 7.86. The number of cyclic esters (lactones) is 1. The first-order chi connectivity index (χ1) is 6.91. The molecule has 2 rings (SSSR count). The highest BCUT2D eigenvalue weighted by atomic mass is 32.3. The van der Waals surface area contributed by atoms with Crippen molar-refractivity contribution in [1.82, 2.24) is 0 Å². The van der Waals surface area contributed by atoms with Crippen LogP contribution in [0.4, 0.5) is 3.89 Å². The van der Waals surface area contributed by atoms with Gasteiger partial charge in [0.2, 0.25) is 0 Å². The van der Waals surface area contributed by atoms with Crippen LogP contribution >= 0.6 is 0 Å². The molecule has 15 heavy (non-hydrogen) atoms. The van der Waals surface area contributed by atoms with Gasteiger partial charge in [-0.1, -0.05) is 0 Å². The molecule has 86 valence electrons. The molecule has 2 fully saturated rings. The monoisotopic (exact) mass is 238 g/mol. The van der Waals surface area contributed by atoms with Crippen molar-refractivity contribution in [3.05, 3.63) is 0 Å². The quantitative estimate of drug-likeness (QED) is 0.500. The zero-order chi connectivity index (χ0) is 11.1. The van der Waals surface area contributed by atoms with E-state index in [0.29, 0.717) is 13.0 Å². The fourth-order valence-corrected chi connectivity index (χ4v) is 2.92. The largest absolute Gasteiger partial charge is 0.460 e. The summed E-state index contributed by atoms with van der Waals surface area (Å²) in [5, 5.41) is 0. The lowest BCUT2D eigenvalue weighted by Crippen LogP contribution is -2.36. The minimum absolute atomic E-state index is 0.118. The molecule has 0 saturated carbocycles. The summed E-state index contributed by atoms with van der Waals surface area (Å²) in [5.74, 6) is -1.24. The minimum atomic E-state index is -4.63. The molecular formula is C8H11FO5S. The van der Waals surface area contributed by atoms with Crippen LogP contribution in [-0.2, 0) is 24.5 Å². The predicted molar refractivity (Wildman–Crippen MR) is 47.3 cm³/mol. The van der Waals surface area contributed by atoms with Gasteiger partial charge in [0, 0.05) is 12.0 Å². The van der Waals surface area contributed by atoms with Crippen LogP contribution in [-0.4, -0.2) is 39.5 Å². The predicted octanol–water partition coefficient (Wildman–Crippen LogP) is 0.00790. The van der Waals surface area contributed by atoms with Gasteiger partial charge in [-0.25, -0.2) is 0 Å². The molecule has 0 aromatic heterocycles. The van der Waals surface area contributed by atoms with Gasteiger partial charge in [0.05, 0.1) is 13.0 Å². The molecule has 0 aromatic rings. The highest BCUT2D eigenvalue weighted by Gasteiger charge is 2.52. The lowest BCUT2D eigenvalue weighted by Gasteiger charge is -2.24. The Balaban J connectivity index is 2.19. The van der Waals surface area contributed by atoms with Crippen molar-refractivity contribution >= 4 is 16.2 Å². The summed E-state index contributed by atoms with van der Waals surface area (Å²) in [6.45, 7) is 0.721. The molecular weight excluding hydrogens is 227 g/mol. The molecule has 1 spiro atoms. The lowest BCUT2D eigenvalue weighted by molar-refractivity contribution is -0.140. The molecule has 5 nitrogen and oxygen atoms in total. The van der Waals surface area contributed by atoms with Gasteiger partial charge in [-0.15, -0.1) is 3.89 Å². The van der Waals surface area contributed by atoms with E-state index in [1.807, 2.05) is 0 Å². The van der Waals surface area contributed by atoms with Gasteiger partial charge >= 0.3 is 16.2 Å². The average molecular weight is 238 g/mol. The van der Waals surface area contributed by atoms with Gasteiger partial charge in [-0.05, 0) is 6.42 Å². The maximum Gasteiger partial charge on any atom is 0.306 e. The first kappa shape index (κ1) is 10.8. The molecule has 0 N–H and O–H groups in total. The Kier molecular flexibility index (Phi) is 2.46. The summed E-state index contributed by atoms with van der Waals surface area (Å²) in [7, 11) is -4.63. The van der Waals surface area contributed by atoms with Crippen molar-refractivity contribution < 1.29 is 26.6 Å². The van der Waals surface area contributed by atoms with E-state index in [9.17, 15) is 17.1 Å². The summed E-state index contributed by atoms with van der Waals surface area (Å²) >= 11 is 0. The topological polar surface area (TPSA) is 69.7 Å². The zero-order valence-corrected chi connectivity index (χ0v) is 8.76. The van der Waals surface area contributed by atoms with E-state index in [4.69, 9.17) is 9.47 Å². The molecule has 0 aromatic carbocycles. The Morgan fingerprint density at radius 1 is 1.53 bits per heavy atom. The molecule has 2 atom stereocenters. The van der Waals surface area contributed by atoms with Crippen LogP contribution < -0.4 is 0 Å². The van der Waals surface area contributed by atoms with Gasteiger partial charge in [0.25, 0.3) is 0 Å². The smallest absolute Gasteiger partial charge is 0.306 e. The van der Waals surface area contributed by atoms with E-state index in [1.165, 1.54) is 0 Å². The van der Waals surface area contributed by atoms with Gasteiger partial charge in [0.1, 0.15) is 11.9 Å². The second-order valence-electron chi connectivity index (χ2n) is 4.03. The normalized spacial score (nSPS) is 36.1. The van der Waals surface area contributed by atoms with Crippen LogP contribution in [0.3, 0.4) is 0 Å². The Morgan fingerprint density at radius 2 is 2.27 bits per heavy atom. The number of hydrogen-bond acceptors (Lipinski definition) is 5. The van der Waals surface area contributed by atoms with E-state index >= 15 is 0 Å². The van der Waals surface area contributed by atoms with E-state index in [1.54, 1.807) is 0 Å². The van der Waals surface area contributed by atoms with Crippen LogP contribution in [0.2, 0.25) is 0 Å². The van der Waals surface area contributed by atoms with Gasteiger partial charge < -0.3 is 9.47 Å². The van der Waals surface area contributed by atoms with Crippen LogP contribution in [0.5, 0.6) is 0 Å². The first-order valence-corrected chi connectivity index (χ1v) is 6.16. The van der Waals surface area contributed by atoms with Gasteiger partial charge in [-0.3, -0.25) is 4.79 Å². The van der Waals surface area contributed by atoms with Gasteiger partial charge in [0.15, 0.2) is 0 Å². The minimum Gasteiger partial charge on any atom is -0.460 e. The second kappa shape index (κ2) is 3.41. The Labute approximate surface area is 86.8 Å². The van der Waals surface area contributed by atoms with E-state index < -0.39 is 33.5 Å². The molecule has 2 heterocycles. The third kappa shape index (κ3) is 2.12. The number of ether oxygens (including phenoxy) is 2. The average Bonchev–Trinajstić information content (AvgIpc) is 2.59. The summed E-state index contributed by atoms with van der Waals surface area (Å²) < 4.78 is 43.6. The summed E-state index contributed by atoms with van der Waals surface area (Å²) in [6.07, 6.45) is -0.242. The van der Waals surface area contributed by atoms with Crippen molar-refractivity contribution in [2.24, 2.45) is 5.41 Å². The van der Waals surface area contributed by atoms with Crippen molar-refractivity contribution in [1.29, 1.82) is 0 Å². The van der Waals surface area contributed by atoms with Crippen LogP contribution in [0.25, 0.3) is 0 Å². The molecule has 2 unspecified atom stereocenters. The number of rotatable bonds is 2. The fourth-order valence-electron chi connectivity index (χ4n) is 2.13. The molecule has 0 amide bonds. The number of carbonyl (C=O) groups excluding carboxylic acids is 1. The summed E-state index contributed by atoms with van der Waals surface area (Å²) in [4.78, 5) is 11.1. The van der Waals surface area contributed by atoms with Crippen LogP contribution in [0.15, 0.2) is 0 Å². The van der Waals surface area contributed by atoms with Crippen molar-refractivity contribution in [2.75, 3.05) is 19.0 Å². The number of halogens is 1. The maximum absolute atomic E-state index is 12.5. The lowest BCUT2D eigenvalue weighted by atomic mass is 9.81. The third-order valence-electron chi connectivity index (χ3n) is 2.94. The molecule has 2 aliphatic heterocycles. The highest BCUT2D eigenvalue weighted by Crippen LogP contribution is 2.43. The molecule has 0 bridgehead atoms. The standard InChI is InChI=1S/C8H11FO5S/c9-15(11,12)4-6-8(1-2-13-5-8)3-7(10)14-6/h6H,1-5H2. The maximum atomic E-state index is 12.5. The molecule has 7 heteroatoms. The molecule has 2 saturated heterocycles. The van der Waals surface area contributed by atoms with Crippen molar-refractivity contribution in [3.8, 4) is 0 Å². The zero-order valence-electron chi connectivity index (χ0n) is 7.94. The van der Waals surface area contributed by atoms with Gasteiger partial charge in [-0.2, -0.15) is 8.42 Å². The fraction of sp³-hybridized carbons (Fsp3) is 0.875. The second-order valence-corrected chi connectivity index (χ2v) is 5.44. The van der Waals surface area contributed by atoms with Crippen molar-refractivity contribution in [2.45, 2.75) is 18.9 Å². The Bertz CT molecular complexity index is 370. The summed E-state index contributed by atoms with van der Waals surface area (Å²) in [6, 6.07) is 0. The van der Waals surface area contributed by atoms with E-state index in [-0.39, 0.29) is 13.0 Å². The molecule has 2 aliphatic rings. The van der Waals surface area contributed by atoms with Crippen LogP contribution in [0, 0.1) is 5.41 Å². The van der Waals surface area contributed by atoms with Crippen LogP contribution in [0.1, 0.15) is 12.8 Å². The number of hydrogen-bond donors (Lipinski definition) is 0. The van der Waals surface area contributed by atoms with Crippen molar-refractivity contribution in [3.63, 3.8) is 0 Å². The third-order valence-corrected chi connectivity index (χ3v) is 3.64. The Hall–Kier alpha value is -0.690. The van der Waals surface area contributed by atoms with E-state index in [0.717, 1.165) is 0 Å². The number of esters is 1.